The van der Waals surface area contributed by atoms with E-state index in [1.807, 2.05) is 34.6 Å². The van der Waals surface area contributed by atoms with E-state index in [0.717, 1.165) is 6.54 Å². The van der Waals surface area contributed by atoms with Crippen molar-refractivity contribution in [2.75, 3.05) is 46.7 Å². The average molecular weight is 389 g/mol. The van der Waals surface area contributed by atoms with Gasteiger partial charge in [-0.3, -0.25) is 4.79 Å². The van der Waals surface area contributed by atoms with Gasteiger partial charge in [-0.25, -0.2) is 5.48 Å². The van der Waals surface area contributed by atoms with Crippen molar-refractivity contribution in [3.8, 4) is 0 Å². The third kappa shape index (κ3) is 5.85. The Hall–Kier alpha value is -0.770. The summed E-state index contributed by atoms with van der Waals surface area (Å²) in [6, 6.07) is 0. The summed E-state index contributed by atoms with van der Waals surface area (Å²) < 4.78 is 28.7. The van der Waals surface area contributed by atoms with Gasteiger partial charge < -0.3 is 28.5 Å². The number of hydrogen-bond donors (Lipinski definition) is 1. The molecule has 2 aliphatic rings. The molecule has 2 rings (SSSR count). The van der Waals surface area contributed by atoms with E-state index in [4.69, 9.17) is 28.5 Å². The second kappa shape index (κ2) is 9.15. The van der Waals surface area contributed by atoms with Gasteiger partial charge in [0.25, 0.3) is 0 Å². The van der Waals surface area contributed by atoms with E-state index < -0.39 is 11.7 Å². The second-order valence-electron chi connectivity index (χ2n) is 8.92. The van der Waals surface area contributed by atoms with Gasteiger partial charge in [-0.2, -0.15) is 0 Å². The fraction of sp³-hybridized carbons (Fsp3) is 0.947. The lowest BCUT2D eigenvalue weighted by molar-refractivity contribution is -0.337. The van der Waals surface area contributed by atoms with Gasteiger partial charge >= 0.3 is 5.97 Å². The molecule has 8 nitrogen and oxygen atoms in total. The topological polar surface area (TPSA) is 84.5 Å². The van der Waals surface area contributed by atoms with Crippen molar-refractivity contribution < 1.29 is 33.3 Å². The number of methoxy groups -OCH3 is 1. The summed E-state index contributed by atoms with van der Waals surface area (Å²) in [5.74, 6) is -0.276. The number of ether oxygens (including phenoxy) is 5. The van der Waals surface area contributed by atoms with Crippen molar-refractivity contribution in [3.05, 3.63) is 0 Å². The highest BCUT2D eigenvalue weighted by molar-refractivity contribution is 5.70. The Balaban J connectivity index is 1.83. The van der Waals surface area contributed by atoms with Gasteiger partial charge in [0.1, 0.15) is 0 Å². The van der Waals surface area contributed by atoms with Gasteiger partial charge in [-0.15, -0.1) is 0 Å². The Morgan fingerprint density at radius 2 is 1.48 bits per heavy atom. The Kier molecular flexibility index (Phi) is 7.63. The fourth-order valence-corrected chi connectivity index (χ4v) is 3.19. The number of carbonyl (C=O) groups is 1. The lowest BCUT2D eigenvalue weighted by atomic mass is 9.85. The van der Waals surface area contributed by atoms with Crippen LogP contribution in [-0.2, 0) is 33.3 Å². The smallest absolute Gasteiger partial charge is 0.306 e. The molecule has 0 aromatic heterocycles. The van der Waals surface area contributed by atoms with E-state index in [-0.39, 0.29) is 29.5 Å². The van der Waals surface area contributed by atoms with Crippen LogP contribution in [0.4, 0.5) is 0 Å². The van der Waals surface area contributed by atoms with Crippen molar-refractivity contribution in [3.63, 3.8) is 0 Å². The number of carbonyl (C=O) groups excluding carboxylic acids is 1. The van der Waals surface area contributed by atoms with Gasteiger partial charge in [0, 0.05) is 17.4 Å². The highest BCUT2D eigenvalue weighted by atomic mass is 16.7. The Bertz CT molecular complexity index is 476. The van der Waals surface area contributed by atoms with Gasteiger partial charge in [0.05, 0.1) is 52.0 Å². The standard InChI is InChI=1S/C19H35NO7/c1-7-20-27-9-18(4,5)16-25-12-19(13-26-16)10-23-15(24-11-19)17(2,3)8-14(21)22-6/h15-16,20H,7-13H2,1-6H3. The van der Waals surface area contributed by atoms with Crippen LogP contribution < -0.4 is 5.48 Å². The number of hydroxylamine groups is 1. The van der Waals surface area contributed by atoms with Crippen molar-refractivity contribution in [1.29, 1.82) is 0 Å². The quantitative estimate of drug-likeness (QED) is 0.383. The molecule has 2 saturated heterocycles. The third-order valence-corrected chi connectivity index (χ3v) is 4.96. The van der Waals surface area contributed by atoms with E-state index in [1.165, 1.54) is 7.11 Å². The summed E-state index contributed by atoms with van der Waals surface area (Å²) in [5, 5.41) is 0. The van der Waals surface area contributed by atoms with Gasteiger partial charge in [0.2, 0.25) is 0 Å². The fourth-order valence-electron chi connectivity index (χ4n) is 3.19. The summed E-state index contributed by atoms with van der Waals surface area (Å²) in [5.41, 5.74) is 1.77. The van der Waals surface area contributed by atoms with E-state index in [0.29, 0.717) is 33.0 Å². The molecule has 0 aromatic rings. The molecule has 0 aliphatic carbocycles. The number of hydrogen-bond acceptors (Lipinski definition) is 8. The molecule has 1 spiro atoms. The first-order valence-electron chi connectivity index (χ1n) is 9.52. The summed E-state index contributed by atoms with van der Waals surface area (Å²) >= 11 is 0. The zero-order chi connectivity index (χ0) is 20.1. The minimum absolute atomic E-state index is 0.232. The lowest BCUT2D eigenvalue weighted by Crippen LogP contribution is -2.56. The van der Waals surface area contributed by atoms with Gasteiger partial charge in [-0.05, 0) is 0 Å². The van der Waals surface area contributed by atoms with Crippen LogP contribution in [0.2, 0.25) is 0 Å². The molecule has 0 bridgehead atoms. The molecule has 2 fully saturated rings. The van der Waals surface area contributed by atoms with E-state index in [2.05, 4.69) is 5.48 Å². The van der Waals surface area contributed by atoms with Crippen LogP contribution in [0.1, 0.15) is 41.0 Å². The maximum atomic E-state index is 11.6. The van der Waals surface area contributed by atoms with Gasteiger partial charge in [-0.1, -0.05) is 34.6 Å². The Labute approximate surface area is 162 Å². The van der Waals surface area contributed by atoms with Gasteiger partial charge in [0.15, 0.2) is 12.6 Å². The molecule has 158 valence electrons. The first-order chi connectivity index (χ1) is 12.6. The van der Waals surface area contributed by atoms with Crippen molar-refractivity contribution in [1.82, 2.24) is 5.48 Å². The summed E-state index contributed by atoms with van der Waals surface area (Å²) in [6.45, 7) is 13.1. The predicted molar refractivity (Wildman–Crippen MR) is 97.6 cm³/mol. The van der Waals surface area contributed by atoms with E-state index in [1.54, 1.807) is 0 Å². The third-order valence-electron chi connectivity index (χ3n) is 4.96. The van der Waals surface area contributed by atoms with Crippen LogP contribution in [0.25, 0.3) is 0 Å². The Morgan fingerprint density at radius 1 is 1.00 bits per heavy atom. The van der Waals surface area contributed by atoms with Crippen molar-refractivity contribution in [2.24, 2.45) is 16.2 Å². The SMILES string of the molecule is CCNOCC(C)(C)C1OCC2(CO1)COC(C(C)(C)CC(=O)OC)OC2. The first kappa shape index (κ1) is 22.5. The maximum Gasteiger partial charge on any atom is 0.306 e. The highest BCUT2D eigenvalue weighted by Crippen LogP contribution is 2.39. The monoisotopic (exact) mass is 389 g/mol. The summed E-state index contributed by atoms with van der Waals surface area (Å²) in [7, 11) is 1.38. The molecule has 27 heavy (non-hydrogen) atoms. The molecule has 8 heteroatoms. The maximum absolute atomic E-state index is 11.6. The summed E-state index contributed by atoms with van der Waals surface area (Å²) in [6.07, 6.45) is -0.587. The molecular formula is C19H35NO7. The number of nitrogens with one attached hydrogen (secondary N) is 1. The van der Waals surface area contributed by atoms with E-state index >= 15 is 0 Å². The minimum Gasteiger partial charge on any atom is -0.469 e. The second-order valence-corrected chi connectivity index (χ2v) is 8.92. The zero-order valence-electron chi connectivity index (χ0n) is 17.5. The number of esters is 1. The van der Waals surface area contributed by atoms with Crippen LogP contribution in [0.3, 0.4) is 0 Å². The Morgan fingerprint density at radius 3 is 1.93 bits per heavy atom. The molecule has 1 N–H and O–H groups in total. The molecule has 0 radical (unpaired) electrons. The molecule has 0 saturated carbocycles. The predicted octanol–water partition coefficient (Wildman–Crippen LogP) is 1.88. The van der Waals surface area contributed by atoms with E-state index in [9.17, 15) is 4.79 Å². The first-order valence-corrected chi connectivity index (χ1v) is 9.52. The average Bonchev–Trinajstić information content (AvgIpc) is 2.62. The number of rotatable bonds is 8. The van der Waals surface area contributed by atoms with Crippen LogP contribution in [0.5, 0.6) is 0 Å². The summed E-state index contributed by atoms with van der Waals surface area (Å²) in [4.78, 5) is 17.0. The van der Waals surface area contributed by atoms with Crippen LogP contribution in [0.15, 0.2) is 0 Å². The molecule has 2 heterocycles. The van der Waals surface area contributed by atoms with Crippen LogP contribution in [-0.4, -0.2) is 65.2 Å². The van der Waals surface area contributed by atoms with Crippen molar-refractivity contribution >= 4 is 5.97 Å². The molecule has 0 amide bonds. The van der Waals surface area contributed by atoms with Crippen LogP contribution >= 0.6 is 0 Å². The molecule has 0 aromatic carbocycles. The molecule has 0 atom stereocenters. The molecular weight excluding hydrogens is 354 g/mol. The molecule has 2 aliphatic heterocycles. The zero-order valence-corrected chi connectivity index (χ0v) is 17.5. The largest absolute Gasteiger partial charge is 0.469 e. The van der Waals surface area contributed by atoms with Crippen molar-refractivity contribution in [2.45, 2.75) is 53.6 Å². The molecule has 0 unspecified atom stereocenters. The lowest BCUT2D eigenvalue weighted by Gasteiger charge is -2.48. The highest BCUT2D eigenvalue weighted by Gasteiger charge is 2.48. The normalized spacial score (nSPS) is 29.7. The minimum atomic E-state index is -0.473. The van der Waals surface area contributed by atoms with Crippen LogP contribution in [0, 0.1) is 16.2 Å².